The molecule has 0 saturated carbocycles. The Labute approximate surface area is 148 Å². The highest BCUT2D eigenvalue weighted by Gasteiger charge is 2.18. The van der Waals surface area contributed by atoms with E-state index in [9.17, 15) is 4.79 Å². The van der Waals surface area contributed by atoms with Gasteiger partial charge in [0.25, 0.3) is 11.3 Å². The van der Waals surface area contributed by atoms with Gasteiger partial charge < -0.3 is 9.30 Å². The fourth-order valence-corrected chi connectivity index (χ4v) is 3.33. The third-order valence-electron chi connectivity index (χ3n) is 4.65. The van der Waals surface area contributed by atoms with Gasteiger partial charge in [0.2, 0.25) is 0 Å². The second-order valence-corrected chi connectivity index (χ2v) is 6.35. The number of fused-ring (bicyclic) bond motifs is 3. The maximum atomic E-state index is 12.8. The van der Waals surface area contributed by atoms with Crippen LogP contribution in [0.4, 0.5) is 0 Å². The van der Waals surface area contributed by atoms with Gasteiger partial charge in [-0.15, -0.1) is 5.10 Å². The molecule has 0 aliphatic carbocycles. The summed E-state index contributed by atoms with van der Waals surface area (Å²) in [6, 6.07) is 5.59. The quantitative estimate of drug-likeness (QED) is 0.560. The highest BCUT2D eigenvalue weighted by atomic mass is 16.5. The van der Waals surface area contributed by atoms with Gasteiger partial charge in [-0.05, 0) is 31.0 Å². The predicted molar refractivity (Wildman–Crippen MR) is 94.8 cm³/mol. The minimum Gasteiger partial charge on any atom is -0.376 e. The van der Waals surface area contributed by atoms with Crippen LogP contribution in [0, 0.1) is 0 Å². The van der Waals surface area contributed by atoms with Crippen molar-refractivity contribution in [3.63, 3.8) is 0 Å². The number of nitrogens with zero attached hydrogens (tertiary/aromatic N) is 6. The first-order valence-electron chi connectivity index (χ1n) is 8.56. The van der Waals surface area contributed by atoms with Crippen LogP contribution in [0.2, 0.25) is 0 Å². The van der Waals surface area contributed by atoms with Crippen molar-refractivity contribution in [3.8, 4) is 11.4 Å². The van der Waals surface area contributed by atoms with Gasteiger partial charge in [0, 0.05) is 37.0 Å². The Balaban J connectivity index is 1.62. The maximum Gasteiger partial charge on any atom is 0.261 e. The van der Waals surface area contributed by atoms with Crippen LogP contribution in [0.15, 0.2) is 47.8 Å². The molecule has 8 nitrogen and oxygen atoms in total. The van der Waals surface area contributed by atoms with E-state index in [4.69, 9.17) is 4.74 Å². The Morgan fingerprint density at radius 2 is 2.23 bits per heavy atom. The summed E-state index contributed by atoms with van der Waals surface area (Å²) in [6.07, 6.45) is 8.89. The molecule has 130 valence electrons. The van der Waals surface area contributed by atoms with Crippen LogP contribution in [0.25, 0.3) is 28.1 Å². The van der Waals surface area contributed by atoms with Gasteiger partial charge in [-0.2, -0.15) is 9.50 Å². The second kappa shape index (κ2) is 5.99. The first-order chi connectivity index (χ1) is 12.8. The van der Waals surface area contributed by atoms with E-state index in [2.05, 4.69) is 20.1 Å². The number of hydrogen-bond acceptors (Lipinski definition) is 6. The van der Waals surface area contributed by atoms with E-state index < -0.39 is 0 Å². The molecule has 0 aromatic carbocycles. The van der Waals surface area contributed by atoms with E-state index in [1.54, 1.807) is 33.9 Å². The van der Waals surface area contributed by atoms with Gasteiger partial charge in [0.1, 0.15) is 0 Å². The number of rotatable bonds is 3. The van der Waals surface area contributed by atoms with E-state index in [0.717, 1.165) is 25.0 Å². The average molecular weight is 348 g/mol. The summed E-state index contributed by atoms with van der Waals surface area (Å²) in [5.41, 5.74) is 1.40. The molecule has 0 spiro atoms. The Morgan fingerprint density at radius 3 is 3.04 bits per heavy atom. The molecule has 1 aliphatic heterocycles. The van der Waals surface area contributed by atoms with Crippen LogP contribution < -0.4 is 5.56 Å². The van der Waals surface area contributed by atoms with Crippen molar-refractivity contribution >= 4 is 16.7 Å². The van der Waals surface area contributed by atoms with Gasteiger partial charge in [-0.3, -0.25) is 9.78 Å². The van der Waals surface area contributed by atoms with E-state index in [1.807, 2.05) is 18.2 Å². The summed E-state index contributed by atoms with van der Waals surface area (Å²) in [4.78, 5) is 25.7. The Morgan fingerprint density at radius 1 is 1.27 bits per heavy atom. The second-order valence-electron chi connectivity index (χ2n) is 6.35. The molecule has 1 aliphatic rings. The standard InChI is InChI=1S/C18H16N6O2/c25-17-14-10-20-18-21-16(12-3-1-6-19-9-12)22-24(18)15(14)5-7-23(17)11-13-4-2-8-26-13/h1,3,5-7,9-10,13H,2,4,8,11H2/t13-/m1/s1. The van der Waals surface area contributed by atoms with Crippen molar-refractivity contribution in [3.05, 3.63) is 53.3 Å². The van der Waals surface area contributed by atoms with Gasteiger partial charge in [-0.1, -0.05) is 0 Å². The topological polar surface area (TPSA) is 87.2 Å². The van der Waals surface area contributed by atoms with Crippen LogP contribution >= 0.6 is 0 Å². The predicted octanol–water partition coefficient (Wildman–Crippen LogP) is 1.68. The summed E-state index contributed by atoms with van der Waals surface area (Å²) in [5.74, 6) is 0.981. The van der Waals surface area contributed by atoms with Gasteiger partial charge in [0.15, 0.2) is 5.82 Å². The monoisotopic (exact) mass is 348 g/mol. The van der Waals surface area contributed by atoms with Crippen LogP contribution in [-0.2, 0) is 11.3 Å². The summed E-state index contributed by atoms with van der Waals surface area (Å²) in [7, 11) is 0. The molecule has 0 unspecified atom stereocenters. The zero-order chi connectivity index (χ0) is 17.5. The Kier molecular flexibility index (Phi) is 3.49. The van der Waals surface area contributed by atoms with Gasteiger partial charge >= 0.3 is 0 Å². The van der Waals surface area contributed by atoms with Crippen LogP contribution in [0.5, 0.6) is 0 Å². The fourth-order valence-electron chi connectivity index (χ4n) is 3.33. The van der Waals surface area contributed by atoms with E-state index >= 15 is 0 Å². The molecular weight excluding hydrogens is 332 g/mol. The highest BCUT2D eigenvalue weighted by Crippen LogP contribution is 2.18. The van der Waals surface area contributed by atoms with E-state index in [-0.39, 0.29) is 11.7 Å². The molecule has 4 aromatic rings. The lowest BCUT2D eigenvalue weighted by Gasteiger charge is -2.12. The number of aromatic nitrogens is 6. The smallest absolute Gasteiger partial charge is 0.261 e. The lowest BCUT2D eigenvalue weighted by molar-refractivity contribution is 0.0963. The van der Waals surface area contributed by atoms with Crippen molar-refractivity contribution in [2.24, 2.45) is 0 Å². The van der Waals surface area contributed by atoms with Crippen LogP contribution in [0.1, 0.15) is 12.8 Å². The molecule has 1 fully saturated rings. The summed E-state index contributed by atoms with van der Waals surface area (Å²) in [5, 5.41) is 5.03. The summed E-state index contributed by atoms with van der Waals surface area (Å²) >= 11 is 0. The highest BCUT2D eigenvalue weighted by molar-refractivity contribution is 5.79. The van der Waals surface area contributed by atoms with Gasteiger partial charge in [-0.25, -0.2) is 4.98 Å². The third kappa shape index (κ3) is 2.46. The zero-order valence-electron chi connectivity index (χ0n) is 13.9. The molecule has 0 amide bonds. The molecule has 0 N–H and O–H groups in total. The van der Waals surface area contributed by atoms with Crippen molar-refractivity contribution in [1.82, 2.24) is 29.1 Å². The maximum absolute atomic E-state index is 12.8. The van der Waals surface area contributed by atoms with Crippen molar-refractivity contribution in [2.75, 3.05) is 6.61 Å². The molecule has 0 bridgehead atoms. The number of ether oxygens (including phenoxy) is 1. The molecule has 5 heterocycles. The molecule has 5 rings (SSSR count). The average Bonchev–Trinajstić information content (AvgIpc) is 3.34. The van der Waals surface area contributed by atoms with Crippen molar-refractivity contribution in [2.45, 2.75) is 25.5 Å². The third-order valence-corrected chi connectivity index (χ3v) is 4.65. The SMILES string of the molecule is O=c1c2cnc3nc(-c4cccnc4)nn3c2ccn1C[C@H]1CCCO1. The Hall–Kier alpha value is -3.13. The first-order valence-corrected chi connectivity index (χ1v) is 8.56. The zero-order valence-corrected chi connectivity index (χ0v) is 13.9. The van der Waals surface area contributed by atoms with E-state index in [0.29, 0.717) is 29.0 Å². The number of hydrogen-bond donors (Lipinski definition) is 0. The largest absolute Gasteiger partial charge is 0.376 e. The first kappa shape index (κ1) is 15.2. The molecule has 26 heavy (non-hydrogen) atoms. The van der Waals surface area contributed by atoms with Crippen molar-refractivity contribution in [1.29, 1.82) is 0 Å². The minimum atomic E-state index is -0.0918. The summed E-state index contributed by atoms with van der Waals surface area (Å²) < 4.78 is 8.93. The fraction of sp³-hybridized carbons (Fsp3) is 0.278. The molecule has 8 heteroatoms. The van der Waals surface area contributed by atoms with Gasteiger partial charge in [0.05, 0.1) is 23.6 Å². The molecule has 1 saturated heterocycles. The molecular formula is C18H16N6O2. The van der Waals surface area contributed by atoms with Crippen molar-refractivity contribution < 1.29 is 4.74 Å². The molecule has 0 radical (unpaired) electrons. The lowest BCUT2D eigenvalue weighted by atomic mass is 10.2. The van der Waals surface area contributed by atoms with Crippen LogP contribution in [0.3, 0.4) is 0 Å². The molecule has 4 aromatic heterocycles. The normalized spacial score (nSPS) is 17.3. The van der Waals surface area contributed by atoms with E-state index in [1.165, 1.54) is 0 Å². The Bertz CT molecular complexity index is 1140. The summed E-state index contributed by atoms with van der Waals surface area (Å²) in [6.45, 7) is 1.33. The lowest BCUT2D eigenvalue weighted by Crippen LogP contribution is -2.26. The minimum absolute atomic E-state index is 0.0918. The van der Waals surface area contributed by atoms with Crippen LogP contribution in [-0.4, -0.2) is 41.8 Å². The number of pyridine rings is 2. The molecule has 1 atom stereocenters.